The molecule has 0 saturated heterocycles. The fourth-order valence-electron chi connectivity index (χ4n) is 5.16. The Morgan fingerprint density at radius 2 is 1.43 bits per heavy atom. The van der Waals surface area contributed by atoms with Crippen molar-refractivity contribution in [1.29, 1.82) is 0 Å². The molecular formula is C34H38N2O4. The maximum atomic E-state index is 12.8. The van der Waals surface area contributed by atoms with Crippen LogP contribution in [-0.4, -0.2) is 23.4 Å². The fourth-order valence-corrected chi connectivity index (χ4v) is 5.16. The van der Waals surface area contributed by atoms with Gasteiger partial charge in [-0.2, -0.15) is 0 Å². The van der Waals surface area contributed by atoms with Gasteiger partial charge in [0, 0.05) is 29.0 Å². The number of carbonyl (C=O) groups is 1. The molecular weight excluding hydrogens is 500 g/mol. The largest absolute Gasteiger partial charge is 0.465 e. The van der Waals surface area contributed by atoms with Gasteiger partial charge in [-0.3, -0.25) is 4.79 Å². The summed E-state index contributed by atoms with van der Waals surface area (Å²) >= 11 is 0. The second-order valence-electron chi connectivity index (χ2n) is 10.9. The van der Waals surface area contributed by atoms with Crippen LogP contribution in [0.3, 0.4) is 0 Å². The first kappa shape index (κ1) is 27.5. The van der Waals surface area contributed by atoms with Gasteiger partial charge in [0.1, 0.15) is 11.5 Å². The molecule has 0 aliphatic heterocycles. The van der Waals surface area contributed by atoms with E-state index in [1.807, 2.05) is 60.7 Å². The first-order valence-corrected chi connectivity index (χ1v) is 14.1. The van der Waals surface area contributed by atoms with Gasteiger partial charge in [-0.25, -0.2) is 0 Å². The number of aliphatic hydroxyl groups excluding tert-OH is 1. The van der Waals surface area contributed by atoms with Gasteiger partial charge in [-0.05, 0) is 107 Å². The highest BCUT2D eigenvalue weighted by molar-refractivity contribution is 5.75. The molecule has 0 bridgehead atoms. The Bertz CT molecular complexity index is 1320. The number of rotatable bonds is 9. The van der Waals surface area contributed by atoms with Gasteiger partial charge >= 0.3 is 5.97 Å². The van der Waals surface area contributed by atoms with E-state index in [0.717, 1.165) is 23.5 Å². The lowest BCUT2D eigenvalue weighted by Crippen LogP contribution is -2.33. The number of esters is 1. The zero-order chi connectivity index (χ0) is 27.9. The summed E-state index contributed by atoms with van der Waals surface area (Å²) in [5, 5.41) is 17.5. The summed E-state index contributed by atoms with van der Waals surface area (Å²) in [5.41, 5.74) is 5.46. The first-order chi connectivity index (χ1) is 19.4. The predicted molar refractivity (Wildman–Crippen MR) is 160 cm³/mol. The average molecular weight is 539 g/mol. The third kappa shape index (κ3) is 7.54. The van der Waals surface area contributed by atoms with Crippen molar-refractivity contribution in [3.63, 3.8) is 0 Å². The zero-order valence-corrected chi connectivity index (χ0v) is 23.2. The molecule has 2 unspecified atom stereocenters. The van der Waals surface area contributed by atoms with Crippen molar-refractivity contribution in [2.45, 2.75) is 58.3 Å². The van der Waals surface area contributed by atoms with Gasteiger partial charge in [-0.15, -0.1) is 0 Å². The minimum Gasteiger partial charge on any atom is -0.465 e. The van der Waals surface area contributed by atoms with E-state index in [4.69, 9.17) is 9.47 Å². The number of allylic oxidation sites excluding steroid dienone is 2. The maximum Gasteiger partial charge on any atom is 0.314 e. The molecule has 1 saturated carbocycles. The highest BCUT2D eigenvalue weighted by atomic mass is 16.6. The molecule has 2 atom stereocenters. The third-order valence-electron chi connectivity index (χ3n) is 7.67. The molecule has 208 valence electrons. The molecule has 3 aromatic carbocycles. The van der Waals surface area contributed by atoms with Gasteiger partial charge in [0.15, 0.2) is 6.29 Å². The van der Waals surface area contributed by atoms with E-state index in [2.05, 4.69) is 54.8 Å². The molecule has 6 nitrogen and oxygen atoms in total. The minimum absolute atomic E-state index is 0.0211. The highest BCUT2D eigenvalue weighted by Gasteiger charge is 2.32. The smallest absolute Gasteiger partial charge is 0.314 e. The number of benzene rings is 3. The molecule has 5 rings (SSSR count). The molecule has 40 heavy (non-hydrogen) atoms. The van der Waals surface area contributed by atoms with E-state index in [1.54, 1.807) is 0 Å². The van der Waals surface area contributed by atoms with Crippen molar-refractivity contribution in [3.05, 3.63) is 102 Å². The molecule has 3 aromatic rings. The normalized spacial score (nSPS) is 21.2. The van der Waals surface area contributed by atoms with Crippen molar-refractivity contribution in [2.75, 3.05) is 10.6 Å². The van der Waals surface area contributed by atoms with Crippen molar-refractivity contribution in [1.82, 2.24) is 0 Å². The summed E-state index contributed by atoms with van der Waals surface area (Å²) in [4.78, 5) is 12.8. The second-order valence-corrected chi connectivity index (χ2v) is 10.9. The molecule has 2 aliphatic rings. The lowest BCUT2D eigenvalue weighted by Gasteiger charge is -2.30. The van der Waals surface area contributed by atoms with Crippen molar-refractivity contribution < 1.29 is 19.4 Å². The van der Waals surface area contributed by atoms with Crippen LogP contribution in [0.4, 0.5) is 17.1 Å². The highest BCUT2D eigenvalue weighted by Crippen LogP contribution is 2.33. The van der Waals surface area contributed by atoms with Crippen molar-refractivity contribution in [2.24, 2.45) is 11.8 Å². The zero-order valence-electron chi connectivity index (χ0n) is 23.2. The van der Waals surface area contributed by atoms with Crippen LogP contribution in [0, 0.1) is 18.8 Å². The van der Waals surface area contributed by atoms with Crippen LogP contribution >= 0.6 is 0 Å². The molecule has 0 radical (unpaired) electrons. The topological polar surface area (TPSA) is 79.8 Å². The summed E-state index contributed by atoms with van der Waals surface area (Å²) in [6.07, 6.45) is 9.32. The van der Waals surface area contributed by atoms with Gasteiger partial charge in [0.25, 0.3) is 0 Å². The number of carbonyl (C=O) groups excluding carboxylic acids is 1. The van der Waals surface area contributed by atoms with E-state index in [-0.39, 0.29) is 23.8 Å². The van der Waals surface area contributed by atoms with Crippen molar-refractivity contribution >= 4 is 23.0 Å². The summed E-state index contributed by atoms with van der Waals surface area (Å²) in [5.74, 6) is 0.772. The Labute approximate surface area is 236 Å². The second kappa shape index (κ2) is 12.9. The van der Waals surface area contributed by atoms with Crippen LogP contribution in [0.1, 0.15) is 44.6 Å². The fraction of sp³-hybridized carbons (Fsp3) is 0.324. The Balaban J connectivity index is 1.04. The van der Waals surface area contributed by atoms with Crippen LogP contribution in [0.5, 0.6) is 11.5 Å². The number of aryl methyl sites for hydroxylation is 1. The van der Waals surface area contributed by atoms with E-state index < -0.39 is 6.29 Å². The molecule has 0 amide bonds. The van der Waals surface area contributed by atoms with Gasteiger partial charge in [-0.1, -0.05) is 41.5 Å². The molecule has 0 aromatic heterocycles. The van der Waals surface area contributed by atoms with Crippen LogP contribution in [-0.2, 0) is 4.79 Å². The summed E-state index contributed by atoms with van der Waals surface area (Å²) in [6.45, 7) is 4.16. The third-order valence-corrected chi connectivity index (χ3v) is 7.67. The molecule has 1 fully saturated rings. The van der Waals surface area contributed by atoms with Crippen LogP contribution in [0.25, 0.3) is 0 Å². The monoisotopic (exact) mass is 538 g/mol. The van der Waals surface area contributed by atoms with E-state index in [1.165, 1.54) is 11.1 Å². The van der Waals surface area contributed by atoms with E-state index in [9.17, 15) is 9.90 Å². The molecule has 2 aliphatic carbocycles. The Hall–Kier alpha value is -4.03. The lowest BCUT2D eigenvalue weighted by molar-refractivity contribution is -0.142. The number of aliphatic hydroxyl groups is 1. The maximum absolute atomic E-state index is 12.8. The Morgan fingerprint density at radius 1 is 0.825 bits per heavy atom. The molecule has 0 spiro atoms. The number of hydrogen-bond acceptors (Lipinski definition) is 6. The first-order valence-electron chi connectivity index (χ1n) is 14.1. The van der Waals surface area contributed by atoms with Gasteiger partial charge in [0.2, 0.25) is 0 Å². The number of nitrogens with one attached hydrogen (secondary N) is 2. The van der Waals surface area contributed by atoms with Crippen LogP contribution in [0.15, 0.2) is 96.6 Å². The minimum atomic E-state index is -0.911. The van der Waals surface area contributed by atoms with E-state index >= 15 is 0 Å². The Kier molecular flexibility index (Phi) is 8.87. The van der Waals surface area contributed by atoms with Crippen LogP contribution < -0.4 is 20.1 Å². The van der Waals surface area contributed by atoms with Gasteiger partial charge < -0.3 is 25.2 Å². The van der Waals surface area contributed by atoms with Crippen LogP contribution in [0.2, 0.25) is 0 Å². The lowest BCUT2D eigenvalue weighted by atomic mass is 9.81. The summed E-state index contributed by atoms with van der Waals surface area (Å²) < 4.78 is 11.5. The number of anilines is 3. The summed E-state index contributed by atoms with van der Waals surface area (Å²) in [7, 11) is 0. The van der Waals surface area contributed by atoms with Gasteiger partial charge in [0.05, 0.1) is 5.92 Å². The Morgan fingerprint density at radius 3 is 2.05 bits per heavy atom. The quantitative estimate of drug-likeness (QED) is 0.148. The average Bonchev–Trinajstić information content (AvgIpc) is 2.97. The predicted octanol–water partition coefficient (Wildman–Crippen LogP) is 7.53. The number of hydrogen-bond donors (Lipinski definition) is 3. The van der Waals surface area contributed by atoms with E-state index in [0.29, 0.717) is 37.2 Å². The van der Waals surface area contributed by atoms with Crippen molar-refractivity contribution in [3.8, 4) is 11.5 Å². The molecule has 3 N–H and O–H groups in total. The molecule has 6 heteroatoms. The summed E-state index contributed by atoms with van der Waals surface area (Å²) in [6, 6.07) is 23.6. The standard InChI is InChI=1S/C34H38N2O4/c1-23-3-11-27(12-4-23)35-29-15-19-31(20-16-29)39-33(37)25-7-9-26(10-8-25)34(38)40-32-21-17-30(18-22-32)36-28-13-5-24(2)6-14-28/h3-6,11-13,15-22,25-26,28,33,35-37H,7-10,14H2,1-2H3. The number of ether oxygens (including phenoxy) is 2. The molecule has 0 heterocycles. The SMILES string of the molecule is CC1=CCC(Nc2ccc(OC(=O)C3CCC(C(O)Oc4ccc(Nc5ccc(C)cc5)cc4)CC3)cc2)C=C1.